The first-order chi connectivity index (χ1) is 14.0. The number of halogens is 1. The smallest absolute Gasteiger partial charge is 0.257 e. The third-order valence-electron chi connectivity index (χ3n) is 5.87. The highest BCUT2D eigenvalue weighted by Gasteiger charge is 2.50. The number of aryl methyl sites for hydroxylation is 1. The average molecular weight is 398 g/mol. The van der Waals surface area contributed by atoms with Crippen molar-refractivity contribution in [3.63, 3.8) is 0 Å². The average Bonchev–Trinajstić information content (AvgIpc) is 3.26. The number of methoxy groups -OCH3 is 1. The van der Waals surface area contributed by atoms with Gasteiger partial charge in [-0.05, 0) is 24.6 Å². The topological polar surface area (TPSA) is 75.6 Å². The number of hydrogen-bond donors (Lipinski definition) is 0. The molecule has 2 saturated heterocycles. The van der Waals surface area contributed by atoms with E-state index in [-0.39, 0.29) is 42.1 Å². The van der Waals surface area contributed by atoms with Crippen molar-refractivity contribution in [2.45, 2.75) is 13.0 Å². The van der Waals surface area contributed by atoms with Crippen LogP contribution in [-0.2, 0) is 9.53 Å². The highest BCUT2D eigenvalue weighted by atomic mass is 19.1. The second-order valence-electron chi connectivity index (χ2n) is 7.63. The van der Waals surface area contributed by atoms with Crippen LogP contribution in [0.1, 0.15) is 27.7 Å². The Morgan fingerprint density at radius 2 is 2.10 bits per heavy atom. The summed E-state index contributed by atoms with van der Waals surface area (Å²) in [6.07, 6.45) is 2.96. The van der Waals surface area contributed by atoms with Crippen LogP contribution in [0.25, 0.3) is 0 Å². The molecule has 1 aromatic carbocycles. The van der Waals surface area contributed by atoms with Crippen molar-refractivity contribution in [1.82, 2.24) is 19.8 Å². The molecule has 3 atom stereocenters. The number of carbonyl (C=O) groups excluding carboxylic acids is 2. The number of nitrogens with zero attached hydrogens (tertiary/aromatic N) is 4. The molecule has 8 heteroatoms. The molecule has 0 bridgehead atoms. The number of ether oxygens (including phenoxy) is 1. The molecule has 0 N–H and O–H groups in total. The number of aromatic nitrogens is 2. The van der Waals surface area contributed by atoms with Crippen LogP contribution in [0, 0.1) is 24.6 Å². The van der Waals surface area contributed by atoms with Crippen LogP contribution in [0.2, 0.25) is 0 Å². The number of carbonyl (C=O) groups is 2. The summed E-state index contributed by atoms with van der Waals surface area (Å²) in [6.45, 7) is 3.32. The zero-order chi connectivity index (χ0) is 20.5. The summed E-state index contributed by atoms with van der Waals surface area (Å²) in [5.41, 5.74) is 1.87. The lowest BCUT2D eigenvalue weighted by Crippen LogP contribution is -2.39. The molecule has 29 heavy (non-hydrogen) atoms. The first-order valence-corrected chi connectivity index (χ1v) is 9.59. The molecule has 0 aliphatic carbocycles. The summed E-state index contributed by atoms with van der Waals surface area (Å²) >= 11 is 0. The van der Waals surface area contributed by atoms with Crippen LogP contribution in [0.5, 0.6) is 0 Å². The molecule has 0 saturated carbocycles. The number of amides is 2. The fourth-order valence-electron chi connectivity index (χ4n) is 4.56. The highest BCUT2D eigenvalue weighted by molar-refractivity contribution is 5.95. The van der Waals surface area contributed by atoms with Crippen LogP contribution < -0.4 is 0 Å². The summed E-state index contributed by atoms with van der Waals surface area (Å²) in [5.74, 6) is -0.413. The monoisotopic (exact) mass is 398 g/mol. The number of fused-ring (bicyclic) bond motifs is 1. The maximum absolute atomic E-state index is 13.9. The quantitative estimate of drug-likeness (QED) is 0.786. The summed E-state index contributed by atoms with van der Waals surface area (Å²) in [5, 5.41) is 0. The van der Waals surface area contributed by atoms with Gasteiger partial charge in [0.15, 0.2) is 0 Å². The van der Waals surface area contributed by atoms with E-state index in [1.54, 1.807) is 22.8 Å². The molecule has 0 unspecified atom stereocenters. The van der Waals surface area contributed by atoms with E-state index in [1.807, 2.05) is 6.07 Å². The van der Waals surface area contributed by atoms with E-state index >= 15 is 0 Å². The van der Waals surface area contributed by atoms with Gasteiger partial charge in [0.1, 0.15) is 18.8 Å². The minimum atomic E-state index is -0.340. The molecule has 152 valence electrons. The Hall–Kier alpha value is -2.87. The van der Waals surface area contributed by atoms with Gasteiger partial charge < -0.3 is 14.5 Å². The SMILES string of the molecule is COCC(=O)N1C[C@H]2CN(C(=O)c3cncnc3C)C[C@H]2[C@@H]1c1cccc(F)c1. The highest BCUT2D eigenvalue weighted by Crippen LogP contribution is 2.45. The Bertz CT molecular complexity index is 938. The van der Waals surface area contributed by atoms with Gasteiger partial charge in [0.2, 0.25) is 5.91 Å². The standard InChI is InChI=1S/C21H23FN4O3/c1-13-17(7-23-12-24-13)21(28)25-8-15-9-26(19(27)11-29-2)20(18(15)10-25)14-4-3-5-16(22)6-14/h3-7,12,15,18,20H,8-11H2,1-2H3/t15-,18-,20+/m1/s1. The molecule has 3 heterocycles. The lowest BCUT2D eigenvalue weighted by atomic mass is 9.89. The van der Waals surface area contributed by atoms with E-state index < -0.39 is 0 Å². The van der Waals surface area contributed by atoms with Crippen molar-refractivity contribution in [2.24, 2.45) is 11.8 Å². The van der Waals surface area contributed by atoms with E-state index in [9.17, 15) is 14.0 Å². The predicted octanol–water partition coefficient (Wildman–Crippen LogP) is 1.84. The van der Waals surface area contributed by atoms with Crippen LogP contribution in [0.15, 0.2) is 36.8 Å². The maximum Gasteiger partial charge on any atom is 0.257 e. The fraction of sp³-hybridized carbons (Fsp3) is 0.429. The molecule has 2 amide bonds. The normalized spacial score (nSPS) is 23.3. The van der Waals surface area contributed by atoms with E-state index in [0.717, 1.165) is 5.56 Å². The van der Waals surface area contributed by atoms with Gasteiger partial charge in [0.25, 0.3) is 5.91 Å². The van der Waals surface area contributed by atoms with Crippen LogP contribution in [-0.4, -0.2) is 64.9 Å². The molecule has 2 aliphatic rings. The van der Waals surface area contributed by atoms with Crippen LogP contribution in [0.3, 0.4) is 0 Å². The first-order valence-electron chi connectivity index (χ1n) is 9.59. The Balaban J connectivity index is 1.61. The number of hydrogen-bond acceptors (Lipinski definition) is 5. The lowest BCUT2D eigenvalue weighted by molar-refractivity contribution is -0.136. The van der Waals surface area contributed by atoms with Crippen molar-refractivity contribution < 1.29 is 18.7 Å². The lowest BCUT2D eigenvalue weighted by Gasteiger charge is -2.30. The summed E-state index contributed by atoms with van der Waals surface area (Å²) in [6, 6.07) is 6.06. The zero-order valence-electron chi connectivity index (χ0n) is 16.4. The van der Waals surface area contributed by atoms with Gasteiger partial charge in [-0.2, -0.15) is 0 Å². The Morgan fingerprint density at radius 1 is 1.28 bits per heavy atom. The van der Waals surface area contributed by atoms with Crippen molar-refractivity contribution in [2.75, 3.05) is 33.4 Å². The summed E-state index contributed by atoms with van der Waals surface area (Å²) in [7, 11) is 1.48. The molecule has 0 spiro atoms. The maximum atomic E-state index is 13.9. The van der Waals surface area contributed by atoms with Crippen LogP contribution >= 0.6 is 0 Å². The van der Waals surface area contributed by atoms with Gasteiger partial charge in [0, 0.05) is 44.8 Å². The second-order valence-corrected chi connectivity index (χ2v) is 7.63. The third kappa shape index (κ3) is 3.60. The van der Waals surface area contributed by atoms with Gasteiger partial charge in [-0.1, -0.05) is 12.1 Å². The first kappa shape index (κ1) is 19.4. The molecule has 2 aromatic rings. The molecule has 7 nitrogen and oxygen atoms in total. The summed E-state index contributed by atoms with van der Waals surface area (Å²) < 4.78 is 18.9. The van der Waals surface area contributed by atoms with E-state index in [0.29, 0.717) is 30.9 Å². The van der Waals surface area contributed by atoms with E-state index in [4.69, 9.17) is 4.74 Å². The molecular formula is C21H23FN4O3. The molecule has 1 aromatic heterocycles. The van der Waals surface area contributed by atoms with E-state index in [2.05, 4.69) is 9.97 Å². The molecule has 2 aliphatic heterocycles. The van der Waals surface area contributed by atoms with Gasteiger partial charge in [0.05, 0.1) is 17.3 Å². The Labute approximate surface area is 168 Å². The molecule has 0 radical (unpaired) electrons. The van der Waals surface area contributed by atoms with Gasteiger partial charge >= 0.3 is 0 Å². The fourth-order valence-corrected chi connectivity index (χ4v) is 4.56. The van der Waals surface area contributed by atoms with Gasteiger partial charge in [-0.25, -0.2) is 14.4 Å². The Kier molecular flexibility index (Phi) is 5.27. The van der Waals surface area contributed by atoms with Gasteiger partial charge in [-0.15, -0.1) is 0 Å². The minimum absolute atomic E-state index is 0.0194. The molecule has 4 rings (SSSR count). The largest absolute Gasteiger partial charge is 0.375 e. The number of likely N-dealkylation sites (tertiary alicyclic amines) is 2. The van der Waals surface area contributed by atoms with E-state index in [1.165, 1.54) is 31.8 Å². The predicted molar refractivity (Wildman–Crippen MR) is 102 cm³/mol. The number of benzene rings is 1. The van der Waals surface area contributed by atoms with Crippen LogP contribution in [0.4, 0.5) is 4.39 Å². The summed E-state index contributed by atoms with van der Waals surface area (Å²) in [4.78, 5) is 37.3. The third-order valence-corrected chi connectivity index (χ3v) is 5.87. The zero-order valence-corrected chi connectivity index (χ0v) is 16.4. The van der Waals surface area contributed by atoms with Crippen molar-refractivity contribution in [3.8, 4) is 0 Å². The molecule has 2 fully saturated rings. The van der Waals surface area contributed by atoms with Crippen molar-refractivity contribution in [1.29, 1.82) is 0 Å². The Morgan fingerprint density at radius 3 is 2.83 bits per heavy atom. The minimum Gasteiger partial charge on any atom is -0.375 e. The number of rotatable bonds is 4. The molecular weight excluding hydrogens is 375 g/mol. The second kappa shape index (κ2) is 7.87. The van der Waals surface area contributed by atoms with Crippen molar-refractivity contribution >= 4 is 11.8 Å². The van der Waals surface area contributed by atoms with Crippen molar-refractivity contribution in [3.05, 3.63) is 59.4 Å². The van der Waals surface area contributed by atoms with Gasteiger partial charge in [-0.3, -0.25) is 9.59 Å².